The number of fused-ring (bicyclic) bond motifs is 1. The van der Waals surface area contributed by atoms with Gasteiger partial charge in [-0.1, -0.05) is 6.42 Å². The van der Waals surface area contributed by atoms with Crippen molar-refractivity contribution in [3.8, 4) is 5.75 Å². The molecule has 1 aromatic carbocycles. The van der Waals surface area contributed by atoms with Gasteiger partial charge in [0, 0.05) is 29.9 Å². The molecular weight excluding hydrogens is 347 g/mol. The highest BCUT2D eigenvalue weighted by atomic mass is 32.2. The van der Waals surface area contributed by atoms with Crippen LogP contribution < -0.4 is 19.7 Å². The van der Waals surface area contributed by atoms with Gasteiger partial charge >= 0.3 is 0 Å². The number of phenols is 1. The smallest absolute Gasteiger partial charge is 0.253 e. The van der Waals surface area contributed by atoms with E-state index in [0.29, 0.717) is 17.7 Å². The minimum Gasteiger partial charge on any atom is -0.506 e. The van der Waals surface area contributed by atoms with E-state index in [2.05, 4.69) is 15.4 Å². The molecule has 0 aromatic heterocycles. The number of benzene rings is 1. The average molecular weight is 368 g/mol. The fourth-order valence-electron chi connectivity index (χ4n) is 3.57. The van der Waals surface area contributed by atoms with Crippen LogP contribution in [0.5, 0.6) is 5.75 Å². The third kappa shape index (κ3) is 3.06. The van der Waals surface area contributed by atoms with Gasteiger partial charge in [0.2, 0.25) is 11.2 Å². The number of halogens is 1. The Bertz CT molecular complexity index is 741. The third-order valence-corrected chi connectivity index (χ3v) is 6.23. The highest BCUT2D eigenvalue weighted by molar-refractivity contribution is 7.85. The number of anilines is 2. The van der Waals surface area contributed by atoms with E-state index in [4.69, 9.17) is 0 Å². The van der Waals surface area contributed by atoms with E-state index in [9.17, 15) is 18.5 Å². The largest absolute Gasteiger partial charge is 0.506 e. The Morgan fingerprint density at radius 3 is 2.84 bits per heavy atom. The molecule has 0 bridgehead atoms. The number of carbonyl (C=O) groups excluding carboxylic acids is 1. The molecule has 0 spiro atoms. The first-order chi connectivity index (χ1) is 12.0. The highest BCUT2D eigenvalue weighted by Crippen LogP contribution is 2.41. The maximum Gasteiger partial charge on any atom is 0.253 e. The number of aromatic hydroxyl groups is 1. The Balaban J connectivity index is 1.48. The summed E-state index contributed by atoms with van der Waals surface area (Å²) in [6, 6.07) is 1.49. The molecule has 136 valence electrons. The number of nitrogens with one attached hydrogen (secondary N) is 3. The summed E-state index contributed by atoms with van der Waals surface area (Å²) in [5.41, 5.74) is 0.832. The molecule has 9 heteroatoms. The molecule has 0 radical (unpaired) electrons. The number of carbonyl (C=O) groups is 1. The quantitative estimate of drug-likeness (QED) is 0.616. The zero-order valence-corrected chi connectivity index (χ0v) is 14.5. The Kier molecular flexibility index (Phi) is 4.28. The zero-order chi connectivity index (χ0) is 17.6. The van der Waals surface area contributed by atoms with Crippen LogP contribution in [0.4, 0.5) is 15.8 Å². The summed E-state index contributed by atoms with van der Waals surface area (Å²) < 4.78 is 30.1. The summed E-state index contributed by atoms with van der Waals surface area (Å²) in [5.74, 6) is -0.648. The van der Waals surface area contributed by atoms with Gasteiger partial charge in [-0.3, -0.25) is 13.8 Å². The van der Waals surface area contributed by atoms with E-state index in [1.54, 1.807) is 0 Å². The normalized spacial score (nSPS) is 25.5. The van der Waals surface area contributed by atoms with E-state index in [-0.39, 0.29) is 24.0 Å². The van der Waals surface area contributed by atoms with Crippen LogP contribution in [-0.4, -0.2) is 40.9 Å². The van der Waals surface area contributed by atoms with Gasteiger partial charge in [-0.15, -0.1) is 0 Å². The maximum atomic E-state index is 14.9. The Morgan fingerprint density at radius 1 is 1.40 bits per heavy atom. The number of nitrogens with zero attached hydrogens (tertiary/aromatic N) is 1. The summed E-state index contributed by atoms with van der Waals surface area (Å²) in [6.07, 6.45) is 4.34. The Labute approximate surface area is 147 Å². The second kappa shape index (κ2) is 6.45. The molecule has 1 aliphatic carbocycles. The van der Waals surface area contributed by atoms with Crippen molar-refractivity contribution in [2.24, 2.45) is 5.92 Å². The van der Waals surface area contributed by atoms with Gasteiger partial charge in [-0.2, -0.15) is 0 Å². The Morgan fingerprint density at radius 2 is 2.20 bits per heavy atom. The molecule has 3 aliphatic rings. The molecule has 1 aromatic rings. The summed E-state index contributed by atoms with van der Waals surface area (Å²) >= 11 is -1.87. The van der Waals surface area contributed by atoms with Crippen LogP contribution in [0.2, 0.25) is 0 Å². The lowest BCUT2D eigenvalue weighted by atomic mass is 9.85. The minimum absolute atomic E-state index is 0.0445. The number of amides is 1. The van der Waals surface area contributed by atoms with Gasteiger partial charge in [-0.05, 0) is 31.7 Å². The predicted octanol–water partition coefficient (Wildman–Crippen LogP) is 0.772. The van der Waals surface area contributed by atoms with Gasteiger partial charge in [0.1, 0.15) is 18.0 Å². The Hall–Kier alpha value is -1.87. The monoisotopic (exact) mass is 368 g/mol. The van der Waals surface area contributed by atoms with Crippen molar-refractivity contribution < 1.29 is 18.5 Å². The summed E-state index contributed by atoms with van der Waals surface area (Å²) in [4.78, 5) is 11.4. The van der Waals surface area contributed by atoms with E-state index >= 15 is 0 Å². The number of hydrogen-bond donors (Lipinski definition) is 4. The fraction of sp³-hybridized carbons (Fsp3) is 0.562. The van der Waals surface area contributed by atoms with E-state index in [1.165, 1.54) is 25.3 Å². The molecule has 2 aliphatic heterocycles. The van der Waals surface area contributed by atoms with Crippen molar-refractivity contribution >= 4 is 28.5 Å². The van der Waals surface area contributed by atoms with Crippen molar-refractivity contribution in [2.45, 2.75) is 31.7 Å². The third-order valence-electron chi connectivity index (χ3n) is 5.12. The van der Waals surface area contributed by atoms with Crippen LogP contribution in [0.1, 0.15) is 24.8 Å². The molecule has 7 nitrogen and oxygen atoms in total. The van der Waals surface area contributed by atoms with Gasteiger partial charge in [0.05, 0.1) is 0 Å². The molecule has 1 saturated heterocycles. The fourth-order valence-corrected chi connectivity index (χ4v) is 4.51. The first-order valence-electron chi connectivity index (χ1n) is 8.53. The molecule has 1 amide bonds. The standard InChI is InChI=1S/C16H21FN4O3S/c17-15-11-4-10(7-18-6-9-2-1-3-9)19-12(11)5-13(22)16(15)21-8-14(23)20-25(21)24/h5,9-10,18-19,22H,1-4,6-8H2,(H,20,23). The predicted molar refractivity (Wildman–Crippen MR) is 93.0 cm³/mol. The first-order valence-corrected chi connectivity index (χ1v) is 9.64. The first kappa shape index (κ1) is 16.6. The van der Waals surface area contributed by atoms with Crippen LogP contribution in [-0.2, 0) is 22.4 Å². The average Bonchev–Trinajstić information content (AvgIpc) is 3.05. The lowest BCUT2D eigenvalue weighted by Gasteiger charge is -2.26. The lowest BCUT2D eigenvalue weighted by Crippen LogP contribution is -2.35. The summed E-state index contributed by atoms with van der Waals surface area (Å²) in [5, 5.41) is 16.8. The van der Waals surface area contributed by atoms with E-state index in [0.717, 1.165) is 23.3 Å². The van der Waals surface area contributed by atoms with Crippen molar-refractivity contribution in [1.29, 1.82) is 0 Å². The van der Waals surface area contributed by atoms with Crippen molar-refractivity contribution in [2.75, 3.05) is 29.3 Å². The SMILES string of the molecule is O=C1CN(c2c(O)cc3c(c2F)CC(CNCC2CCC2)N3)S(=O)N1. The van der Waals surface area contributed by atoms with Crippen LogP contribution in [0.25, 0.3) is 0 Å². The highest BCUT2D eigenvalue weighted by Gasteiger charge is 2.35. The van der Waals surface area contributed by atoms with Crippen LogP contribution in [0.3, 0.4) is 0 Å². The van der Waals surface area contributed by atoms with Crippen LogP contribution in [0, 0.1) is 11.7 Å². The van der Waals surface area contributed by atoms with Gasteiger partial charge in [-0.25, -0.2) is 8.60 Å². The van der Waals surface area contributed by atoms with Crippen molar-refractivity contribution in [3.63, 3.8) is 0 Å². The molecule has 2 fully saturated rings. The maximum absolute atomic E-state index is 14.9. The van der Waals surface area contributed by atoms with Gasteiger partial charge < -0.3 is 15.7 Å². The van der Waals surface area contributed by atoms with Gasteiger partial charge in [0.25, 0.3) is 5.91 Å². The summed E-state index contributed by atoms with van der Waals surface area (Å²) in [7, 11) is 0. The molecule has 4 rings (SSSR count). The van der Waals surface area contributed by atoms with Crippen molar-refractivity contribution in [3.05, 3.63) is 17.4 Å². The van der Waals surface area contributed by atoms with Crippen LogP contribution >= 0.6 is 0 Å². The van der Waals surface area contributed by atoms with E-state index in [1.807, 2.05) is 0 Å². The zero-order valence-electron chi connectivity index (χ0n) is 13.7. The molecule has 4 N–H and O–H groups in total. The minimum atomic E-state index is -1.87. The van der Waals surface area contributed by atoms with E-state index < -0.39 is 22.9 Å². The number of phenolic OH excluding ortho intramolecular Hbond substituents is 1. The lowest BCUT2D eigenvalue weighted by molar-refractivity contribution is -0.117. The molecular formula is C16H21FN4O3S. The second-order valence-corrected chi connectivity index (χ2v) is 8.04. The molecule has 1 saturated carbocycles. The van der Waals surface area contributed by atoms with Crippen molar-refractivity contribution in [1.82, 2.24) is 10.0 Å². The molecule has 2 unspecified atom stereocenters. The molecule has 2 atom stereocenters. The van der Waals surface area contributed by atoms with Gasteiger partial charge in [0.15, 0.2) is 5.82 Å². The number of rotatable bonds is 5. The molecule has 25 heavy (non-hydrogen) atoms. The topological polar surface area (TPSA) is 93.7 Å². The van der Waals surface area contributed by atoms with Crippen LogP contribution in [0.15, 0.2) is 6.07 Å². The number of hydrogen-bond acceptors (Lipinski definition) is 5. The second-order valence-electron chi connectivity index (χ2n) is 6.90. The summed E-state index contributed by atoms with van der Waals surface area (Å²) in [6.45, 7) is 1.46. The molecule has 2 heterocycles.